The van der Waals surface area contributed by atoms with Crippen molar-refractivity contribution in [3.05, 3.63) is 58.2 Å². The number of pyridine rings is 1. The van der Waals surface area contributed by atoms with E-state index in [4.69, 9.17) is 4.74 Å². The number of piperidine rings is 1. The molecule has 1 aliphatic rings. The molecular weight excluding hydrogens is 470 g/mol. The molecule has 1 saturated heterocycles. The minimum Gasteiger partial charge on any atom is -0.497 e. The molecule has 35 heavy (non-hydrogen) atoms. The van der Waals surface area contributed by atoms with E-state index in [1.807, 2.05) is 17.5 Å². The van der Waals surface area contributed by atoms with E-state index in [1.165, 1.54) is 7.11 Å². The van der Waals surface area contributed by atoms with Crippen molar-refractivity contribution < 1.29 is 23.4 Å². The van der Waals surface area contributed by atoms with Gasteiger partial charge < -0.3 is 9.84 Å². The largest absolute Gasteiger partial charge is 0.497 e. The molecule has 1 fully saturated rings. The number of alkyl halides is 1. The van der Waals surface area contributed by atoms with Gasteiger partial charge in [0.05, 0.1) is 30.2 Å². The Labute approximate surface area is 207 Å². The molecule has 4 rings (SSSR count). The number of aromatic nitrogens is 1. The minimum atomic E-state index is -1.52. The average molecular weight is 499 g/mol. The third-order valence-electron chi connectivity index (χ3n) is 6.62. The lowest BCUT2D eigenvalue weighted by molar-refractivity contribution is -0.139. The molecule has 5 nitrogen and oxygen atoms in total. The van der Waals surface area contributed by atoms with E-state index >= 15 is 4.39 Å². The zero-order chi connectivity index (χ0) is 24.8. The molecule has 1 N–H and O–H groups in total. The molecular formula is C27H28F2N2O3S. The molecule has 0 spiro atoms. The van der Waals surface area contributed by atoms with Crippen molar-refractivity contribution in [3.63, 3.8) is 0 Å². The number of fused-ring (bicyclic) bond motifs is 1. The highest BCUT2D eigenvalue weighted by Crippen LogP contribution is 2.37. The standard InChI is InChI=1S/C27H28F2N2O3S/c1-34-20-7-9-25-22(15-20)27(24(29)16-30-25)23(28)8-6-18-10-12-31(17-19(18)14-26(32)33)11-2-4-21-5-3-13-35-21/h3,5,7,9,13,15-16,18-19,23H,6,8,10-12,14,17H2,1H3,(H,32,33)/t18-,19-,23+/m1/s1. The molecule has 1 aliphatic heterocycles. The van der Waals surface area contributed by atoms with Crippen LogP contribution in [0.15, 0.2) is 41.9 Å². The maximum Gasteiger partial charge on any atom is 0.303 e. The Morgan fingerprint density at radius 1 is 1.37 bits per heavy atom. The molecule has 2 aromatic heterocycles. The van der Waals surface area contributed by atoms with E-state index in [0.29, 0.717) is 36.2 Å². The Bertz CT molecular complexity index is 1220. The lowest BCUT2D eigenvalue weighted by Crippen LogP contribution is -2.41. The number of carboxylic acids is 1. The normalized spacial score (nSPS) is 19.2. The molecule has 1 aromatic carbocycles. The topological polar surface area (TPSA) is 62.7 Å². The minimum absolute atomic E-state index is 0.00929. The highest BCUT2D eigenvalue weighted by molar-refractivity contribution is 7.10. The second-order valence-electron chi connectivity index (χ2n) is 8.87. The summed E-state index contributed by atoms with van der Waals surface area (Å²) in [5.41, 5.74) is 0.496. The van der Waals surface area contributed by atoms with Crippen LogP contribution < -0.4 is 4.74 Å². The zero-order valence-corrected chi connectivity index (χ0v) is 20.4. The summed E-state index contributed by atoms with van der Waals surface area (Å²) in [6.07, 6.45) is 0.930. The van der Waals surface area contributed by atoms with E-state index in [0.717, 1.165) is 24.0 Å². The van der Waals surface area contributed by atoms with Gasteiger partial charge in [-0.2, -0.15) is 0 Å². The third-order valence-corrected chi connectivity index (χ3v) is 7.41. The number of rotatable bonds is 8. The summed E-state index contributed by atoms with van der Waals surface area (Å²) in [7, 11) is 1.50. The second kappa shape index (κ2) is 11.6. The molecule has 0 radical (unpaired) electrons. The summed E-state index contributed by atoms with van der Waals surface area (Å²) in [4.78, 5) is 18.7. The van der Waals surface area contributed by atoms with Gasteiger partial charge >= 0.3 is 5.97 Å². The fraction of sp³-hybridized carbons (Fsp3) is 0.407. The van der Waals surface area contributed by atoms with Crippen molar-refractivity contribution in [2.24, 2.45) is 11.8 Å². The van der Waals surface area contributed by atoms with Crippen molar-refractivity contribution in [2.45, 2.75) is 31.9 Å². The predicted molar refractivity (Wildman–Crippen MR) is 133 cm³/mol. The number of halogens is 2. The van der Waals surface area contributed by atoms with Crippen molar-refractivity contribution in [1.82, 2.24) is 9.88 Å². The molecule has 0 saturated carbocycles. The van der Waals surface area contributed by atoms with Gasteiger partial charge in [0.25, 0.3) is 0 Å². The van der Waals surface area contributed by atoms with Crippen LogP contribution in [0, 0.1) is 29.5 Å². The fourth-order valence-electron chi connectivity index (χ4n) is 4.84. The van der Waals surface area contributed by atoms with Crippen LogP contribution in [0.2, 0.25) is 0 Å². The second-order valence-corrected chi connectivity index (χ2v) is 9.82. The summed E-state index contributed by atoms with van der Waals surface area (Å²) in [6.45, 7) is 1.96. The van der Waals surface area contributed by atoms with Crippen LogP contribution >= 0.6 is 11.3 Å². The molecule has 184 valence electrons. The summed E-state index contributed by atoms with van der Waals surface area (Å²) < 4.78 is 35.3. The van der Waals surface area contributed by atoms with E-state index in [1.54, 1.807) is 29.5 Å². The number of nitrogens with zero attached hydrogens (tertiary/aromatic N) is 2. The van der Waals surface area contributed by atoms with E-state index in [9.17, 15) is 14.3 Å². The molecule has 0 amide bonds. The van der Waals surface area contributed by atoms with Crippen molar-refractivity contribution >= 4 is 28.2 Å². The Morgan fingerprint density at radius 2 is 2.23 bits per heavy atom. The van der Waals surface area contributed by atoms with E-state index in [2.05, 4.69) is 21.7 Å². The summed E-state index contributed by atoms with van der Waals surface area (Å²) in [5, 5.41) is 11.8. The van der Waals surface area contributed by atoms with Gasteiger partial charge in [0.1, 0.15) is 17.7 Å². The van der Waals surface area contributed by atoms with Crippen molar-refractivity contribution in [2.75, 3.05) is 26.7 Å². The summed E-state index contributed by atoms with van der Waals surface area (Å²) >= 11 is 1.59. The molecule has 8 heteroatoms. The third kappa shape index (κ3) is 6.36. The van der Waals surface area contributed by atoms with Crippen molar-refractivity contribution in [1.29, 1.82) is 0 Å². The van der Waals surface area contributed by atoms with Gasteiger partial charge in [0, 0.05) is 23.9 Å². The Balaban J connectivity index is 1.42. The zero-order valence-electron chi connectivity index (χ0n) is 19.5. The Morgan fingerprint density at radius 3 is 2.97 bits per heavy atom. The van der Waals surface area contributed by atoms with Crippen LogP contribution in [-0.2, 0) is 4.79 Å². The number of hydrogen-bond donors (Lipinski definition) is 1. The van der Waals surface area contributed by atoms with Crippen molar-refractivity contribution in [3.8, 4) is 17.6 Å². The number of carbonyl (C=O) groups is 1. The summed E-state index contributed by atoms with van der Waals surface area (Å²) in [6, 6.07) is 8.92. The molecule has 0 bridgehead atoms. The first-order valence-electron chi connectivity index (χ1n) is 11.7. The van der Waals surface area contributed by atoms with E-state index < -0.39 is 18.0 Å². The quantitative estimate of drug-likeness (QED) is 0.404. The van der Waals surface area contributed by atoms with Crippen LogP contribution in [0.3, 0.4) is 0 Å². The number of hydrogen-bond acceptors (Lipinski definition) is 5. The number of methoxy groups -OCH3 is 1. The van der Waals surface area contributed by atoms with Gasteiger partial charge in [-0.15, -0.1) is 11.3 Å². The first kappa shape index (κ1) is 25.1. The van der Waals surface area contributed by atoms with Crippen LogP contribution in [0.25, 0.3) is 10.9 Å². The predicted octanol–water partition coefficient (Wildman–Crippen LogP) is 5.70. The van der Waals surface area contributed by atoms with Gasteiger partial charge in [-0.1, -0.05) is 17.9 Å². The highest BCUT2D eigenvalue weighted by atomic mass is 32.1. The number of aliphatic carboxylic acids is 1. The highest BCUT2D eigenvalue weighted by Gasteiger charge is 2.31. The lowest BCUT2D eigenvalue weighted by Gasteiger charge is -2.37. The number of carboxylic acid groups (broad SMARTS) is 1. The van der Waals surface area contributed by atoms with Crippen LogP contribution in [0.4, 0.5) is 8.78 Å². The maximum absolute atomic E-state index is 15.4. The number of likely N-dealkylation sites (tertiary alicyclic amines) is 1. The van der Waals surface area contributed by atoms with Crippen LogP contribution in [0.5, 0.6) is 5.75 Å². The van der Waals surface area contributed by atoms with Gasteiger partial charge in [0.2, 0.25) is 0 Å². The Hall–Kier alpha value is -3.02. The molecule has 3 aromatic rings. The molecule has 3 atom stereocenters. The number of ether oxygens (including phenoxy) is 1. The molecule has 0 aliphatic carbocycles. The maximum atomic E-state index is 15.4. The lowest BCUT2D eigenvalue weighted by atomic mass is 9.79. The SMILES string of the molecule is COc1ccc2ncc(F)c([C@@H](F)CC[C@@H]3CCN(CC#Cc4cccs4)C[C@H]3CC(=O)O)c2c1. The monoisotopic (exact) mass is 498 g/mol. The fourth-order valence-corrected chi connectivity index (χ4v) is 5.43. The van der Waals surface area contributed by atoms with Crippen LogP contribution in [0.1, 0.15) is 42.3 Å². The first-order valence-corrected chi connectivity index (χ1v) is 12.5. The Kier molecular flexibility index (Phi) is 8.32. The van der Waals surface area contributed by atoms with Gasteiger partial charge in [-0.25, -0.2) is 8.78 Å². The smallest absolute Gasteiger partial charge is 0.303 e. The average Bonchev–Trinajstić information content (AvgIpc) is 3.36. The van der Waals surface area contributed by atoms with Gasteiger partial charge in [-0.05, 0) is 67.3 Å². The van der Waals surface area contributed by atoms with E-state index in [-0.39, 0.29) is 30.2 Å². The number of benzene rings is 1. The summed E-state index contributed by atoms with van der Waals surface area (Å²) in [5.74, 6) is 5.23. The first-order chi connectivity index (χ1) is 16.9. The van der Waals surface area contributed by atoms with Gasteiger partial charge in [0.15, 0.2) is 0 Å². The van der Waals surface area contributed by atoms with Gasteiger partial charge in [-0.3, -0.25) is 14.7 Å². The van der Waals surface area contributed by atoms with Crippen LogP contribution in [-0.4, -0.2) is 47.7 Å². The molecule has 3 heterocycles. The molecule has 0 unspecified atom stereocenters. The number of thiophene rings is 1.